The first-order valence-corrected chi connectivity index (χ1v) is 5.43. The number of aliphatic hydroxyl groups is 3. The second-order valence-electron chi connectivity index (χ2n) is 4.68. The molecule has 16 heavy (non-hydrogen) atoms. The van der Waals surface area contributed by atoms with Crippen molar-refractivity contribution in [3.8, 4) is 0 Å². The normalized spacial score (nSPS) is 38.6. The van der Waals surface area contributed by atoms with Crippen molar-refractivity contribution in [1.82, 2.24) is 15.3 Å². The maximum absolute atomic E-state index is 9.94. The topological polar surface area (TPSA) is 79.2 Å². The fourth-order valence-corrected chi connectivity index (χ4v) is 2.42. The first-order valence-electron chi connectivity index (χ1n) is 5.43. The molecule has 2 rings (SSSR count). The van der Waals surface area contributed by atoms with E-state index >= 15 is 0 Å². The molecule has 0 aromatic carbocycles. The molecule has 1 fully saturated rings. The van der Waals surface area contributed by atoms with Crippen molar-refractivity contribution in [3.05, 3.63) is 11.9 Å². The summed E-state index contributed by atoms with van der Waals surface area (Å²) in [7, 11) is 3.74. The molecule has 2 aliphatic heterocycles. The number of hydrazine groups is 1. The van der Waals surface area contributed by atoms with Crippen LogP contribution in [0.4, 0.5) is 0 Å². The number of nitrogens with one attached hydrogen (secondary N) is 1. The van der Waals surface area contributed by atoms with E-state index in [2.05, 4.69) is 5.43 Å². The van der Waals surface area contributed by atoms with Crippen LogP contribution in [0.3, 0.4) is 0 Å². The molecular formula is C10H19N3O3. The highest BCUT2D eigenvalue weighted by Crippen LogP contribution is 2.29. The van der Waals surface area contributed by atoms with E-state index in [-0.39, 0.29) is 6.04 Å². The van der Waals surface area contributed by atoms with Crippen LogP contribution in [-0.4, -0.2) is 70.2 Å². The standard InChI is InChI=1S/C10H19N3O3/c1-12(2)11-6-3-7(14)9-10(16)8(15)5-13(9)4-6/h4,7-11,14-16H,3,5H2,1-2H3. The van der Waals surface area contributed by atoms with Crippen LogP contribution >= 0.6 is 0 Å². The van der Waals surface area contributed by atoms with Crippen molar-refractivity contribution in [1.29, 1.82) is 0 Å². The van der Waals surface area contributed by atoms with Crippen molar-refractivity contribution in [2.24, 2.45) is 0 Å². The molecule has 6 heteroatoms. The summed E-state index contributed by atoms with van der Waals surface area (Å²) in [5, 5.41) is 31.0. The van der Waals surface area contributed by atoms with Crippen LogP contribution in [0.15, 0.2) is 11.9 Å². The molecule has 1 saturated heterocycles. The Morgan fingerprint density at radius 2 is 2.00 bits per heavy atom. The van der Waals surface area contributed by atoms with E-state index in [9.17, 15) is 15.3 Å². The largest absolute Gasteiger partial charge is 0.390 e. The minimum Gasteiger partial charge on any atom is -0.390 e. The lowest BCUT2D eigenvalue weighted by molar-refractivity contribution is -0.00974. The van der Waals surface area contributed by atoms with E-state index in [1.54, 1.807) is 9.91 Å². The maximum atomic E-state index is 9.94. The Balaban J connectivity index is 2.13. The summed E-state index contributed by atoms with van der Waals surface area (Å²) in [6.07, 6.45) is 0.0151. The van der Waals surface area contributed by atoms with E-state index < -0.39 is 18.3 Å². The second kappa shape index (κ2) is 4.21. The van der Waals surface area contributed by atoms with Crippen LogP contribution < -0.4 is 5.43 Å². The van der Waals surface area contributed by atoms with Gasteiger partial charge in [-0.3, -0.25) is 0 Å². The van der Waals surface area contributed by atoms with Crippen LogP contribution in [0.1, 0.15) is 6.42 Å². The highest BCUT2D eigenvalue weighted by Gasteiger charge is 2.44. The Kier molecular flexibility index (Phi) is 3.07. The van der Waals surface area contributed by atoms with Crippen LogP contribution in [0.25, 0.3) is 0 Å². The number of fused-ring (bicyclic) bond motifs is 1. The third kappa shape index (κ3) is 2.01. The summed E-state index contributed by atoms with van der Waals surface area (Å²) in [5.41, 5.74) is 3.97. The molecule has 0 saturated carbocycles. The number of hydrogen-bond acceptors (Lipinski definition) is 6. The average Bonchev–Trinajstić information content (AvgIpc) is 2.41. The molecule has 0 aromatic heterocycles. The second-order valence-corrected chi connectivity index (χ2v) is 4.68. The predicted octanol–water partition coefficient (Wildman–Crippen LogP) is -1.94. The zero-order chi connectivity index (χ0) is 11.9. The van der Waals surface area contributed by atoms with Crippen molar-refractivity contribution in [3.63, 3.8) is 0 Å². The minimum atomic E-state index is -0.868. The van der Waals surface area contributed by atoms with Gasteiger partial charge < -0.3 is 25.6 Å². The van der Waals surface area contributed by atoms with Crippen molar-refractivity contribution < 1.29 is 15.3 Å². The number of aliphatic hydroxyl groups excluding tert-OH is 3. The summed E-state index contributed by atoms with van der Waals surface area (Å²) in [5.74, 6) is 0. The molecule has 0 amide bonds. The lowest BCUT2D eigenvalue weighted by Gasteiger charge is -2.35. The van der Waals surface area contributed by atoms with E-state index in [0.29, 0.717) is 13.0 Å². The molecule has 6 nitrogen and oxygen atoms in total. The van der Waals surface area contributed by atoms with Gasteiger partial charge in [-0.2, -0.15) is 0 Å². The lowest BCUT2D eigenvalue weighted by Crippen LogP contribution is -2.48. The van der Waals surface area contributed by atoms with Crippen molar-refractivity contribution in [2.45, 2.75) is 30.8 Å². The van der Waals surface area contributed by atoms with E-state index in [1.165, 1.54) is 0 Å². The lowest BCUT2D eigenvalue weighted by atomic mass is 9.98. The van der Waals surface area contributed by atoms with Crippen LogP contribution in [0.5, 0.6) is 0 Å². The highest BCUT2D eigenvalue weighted by molar-refractivity contribution is 5.13. The molecule has 0 bridgehead atoms. The van der Waals surface area contributed by atoms with Gasteiger partial charge in [0, 0.05) is 39.0 Å². The molecule has 0 radical (unpaired) electrons. The van der Waals surface area contributed by atoms with Crippen molar-refractivity contribution >= 4 is 0 Å². The Morgan fingerprint density at radius 3 is 2.62 bits per heavy atom. The zero-order valence-corrected chi connectivity index (χ0v) is 9.54. The molecule has 2 aliphatic rings. The number of hydrogen-bond donors (Lipinski definition) is 4. The maximum Gasteiger partial charge on any atom is 0.104 e. The average molecular weight is 229 g/mol. The summed E-state index contributed by atoms with van der Waals surface area (Å²) in [6.45, 7) is 0.363. The molecule has 4 atom stereocenters. The third-order valence-corrected chi connectivity index (χ3v) is 3.04. The molecule has 0 aliphatic carbocycles. The van der Waals surface area contributed by atoms with Gasteiger partial charge >= 0.3 is 0 Å². The fourth-order valence-electron chi connectivity index (χ4n) is 2.42. The smallest absolute Gasteiger partial charge is 0.104 e. The quantitative estimate of drug-likeness (QED) is 0.413. The zero-order valence-electron chi connectivity index (χ0n) is 9.54. The van der Waals surface area contributed by atoms with Gasteiger partial charge in [0.2, 0.25) is 0 Å². The molecule has 92 valence electrons. The fraction of sp³-hybridized carbons (Fsp3) is 0.800. The van der Waals surface area contributed by atoms with Crippen molar-refractivity contribution in [2.75, 3.05) is 20.6 Å². The van der Waals surface area contributed by atoms with Crippen LogP contribution in [-0.2, 0) is 0 Å². The van der Waals surface area contributed by atoms with E-state index in [4.69, 9.17) is 0 Å². The predicted molar refractivity (Wildman–Crippen MR) is 58.0 cm³/mol. The van der Waals surface area contributed by atoms with Gasteiger partial charge in [-0.15, -0.1) is 0 Å². The van der Waals surface area contributed by atoms with Gasteiger partial charge in [-0.05, 0) is 0 Å². The third-order valence-electron chi connectivity index (χ3n) is 3.04. The molecule has 4 N–H and O–H groups in total. The number of rotatable bonds is 2. The summed E-state index contributed by atoms with van der Waals surface area (Å²) in [6, 6.07) is -0.386. The Hall–Kier alpha value is -0.820. The Labute approximate surface area is 94.7 Å². The molecular weight excluding hydrogens is 210 g/mol. The van der Waals surface area contributed by atoms with Gasteiger partial charge in [0.25, 0.3) is 0 Å². The van der Waals surface area contributed by atoms with Crippen LogP contribution in [0.2, 0.25) is 0 Å². The summed E-state index contributed by atoms with van der Waals surface area (Å²) in [4.78, 5) is 1.80. The van der Waals surface area contributed by atoms with Crippen LogP contribution in [0, 0.1) is 0 Å². The Bertz CT molecular complexity index is 295. The molecule has 0 aromatic rings. The molecule has 2 heterocycles. The van der Waals surface area contributed by atoms with Gasteiger partial charge in [0.1, 0.15) is 6.10 Å². The SMILES string of the molecule is CN(C)NC1=CN2CC(O)C(O)C2C(O)C1. The highest BCUT2D eigenvalue weighted by atomic mass is 16.3. The van der Waals surface area contributed by atoms with Gasteiger partial charge in [-0.25, -0.2) is 5.01 Å². The summed E-state index contributed by atoms with van der Waals surface area (Å²) >= 11 is 0. The first kappa shape index (κ1) is 11.7. The van der Waals surface area contributed by atoms with Gasteiger partial charge in [0.05, 0.1) is 18.2 Å². The monoisotopic (exact) mass is 229 g/mol. The van der Waals surface area contributed by atoms with E-state index in [1.807, 2.05) is 20.3 Å². The summed E-state index contributed by atoms with van der Waals surface area (Å²) < 4.78 is 0. The molecule has 0 spiro atoms. The van der Waals surface area contributed by atoms with E-state index in [0.717, 1.165) is 5.70 Å². The first-order chi connectivity index (χ1) is 7.49. The molecule has 4 unspecified atom stereocenters. The number of nitrogens with zero attached hydrogens (tertiary/aromatic N) is 2. The van der Waals surface area contributed by atoms with Gasteiger partial charge in [0.15, 0.2) is 0 Å². The van der Waals surface area contributed by atoms with Gasteiger partial charge in [-0.1, -0.05) is 0 Å². The minimum absolute atomic E-state index is 0.363. The Morgan fingerprint density at radius 1 is 1.31 bits per heavy atom.